The molecule has 0 aliphatic rings. The van der Waals surface area contributed by atoms with Crippen molar-refractivity contribution >= 4 is 21.6 Å². The van der Waals surface area contributed by atoms with Crippen LogP contribution in [0.3, 0.4) is 0 Å². The van der Waals surface area contributed by atoms with Crippen LogP contribution in [-0.4, -0.2) is 9.55 Å². The van der Waals surface area contributed by atoms with Gasteiger partial charge in [-0.2, -0.15) is 0 Å². The third-order valence-corrected chi connectivity index (χ3v) is 2.98. The molecule has 2 aromatic rings. The number of rotatable bonds is 3. The third kappa shape index (κ3) is 2.63. The quantitative estimate of drug-likeness (QED) is 0.883. The van der Waals surface area contributed by atoms with Gasteiger partial charge in [0.05, 0.1) is 16.7 Å². The van der Waals surface area contributed by atoms with Crippen LogP contribution in [0.25, 0.3) is 0 Å². The minimum absolute atomic E-state index is 0.223. The zero-order valence-electron chi connectivity index (χ0n) is 9.04. The molecule has 0 saturated heterocycles. The lowest BCUT2D eigenvalue weighted by Gasteiger charge is -2.08. The van der Waals surface area contributed by atoms with Crippen molar-refractivity contribution in [2.75, 3.05) is 5.32 Å². The molecule has 1 heterocycles. The molecule has 90 valence electrons. The summed E-state index contributed by atoms with van der Waals surface area (Å²) >= 11 is 3.01. The molecule has 0 amide bonds. The van der Waals surface area contributed by atoms with Crippen LogP contribution in [0.2, 0.25) is 0 Å². The Balaban J connectivity index is 2.14. The average Bonchev–Trinajstić information content (AvgIpc) is 2.68. The maximum absolute atomic E-state index is 13.4. The fourth-order valence-corrected chi connectivity index (χ4v) is 1.74. The lowest BCUT2D eigenvalue weighted by atomic mass is 10.3. The number of hydrogen-bond donors (Lipinski definition) is 1. The Morgan fingerprint density at radius 2 is 2.12 bits per heavy atom. The summed E-state index contributed by atoms with van der Waals surface area (Å²) in [6.07, 6.45) is 3.46. The third-order valence-electron chi connectivity index (χ3n) is 2.37. The summed E-state index contributed by atoms with van der Waals surface area (Å²) in [6.45, 7) is 0.374. The number of nitrogens with zero attached hydrogens (tertiary/aromatic N) is 2. The monoisotopic (exact) mass is 301 g/mol. The van der Waals surface area contributed by atoms with Crippen LogP contribution in [0.1, 0.15) is 5.82 Å². The van der Waals surface area contributed by atoms with Gasteiger partial charge in [-0.25, -0.2) is 13.8 Å². The van der Waals surface area contributed by atoms with Crippen molar-refractivity contribution in [3.63, 3.8) is 0 Å². The minimum Gasteiger partial charge on any atom is -0.375 e. The predicted molar refractivity (Wildman–Crippen MR) is 64.6 cm³/mol. The summed E-state index contributed by atoms with van der Waals surface area (Å²) in [5.41, 5.74) is 0.237. The van der Waals surface area contributed by atoms with Gasteiger partial charge in [0, 0.05) is 25.5 Å². The highest BCUT2D eigenvalue weighted by Gasteiger charge is 2.08. The fraction of sp³-hybridized carbons (Fsp3) is 0.182. The molecule has 0 saturated carbocycles. The molecular weight excluding hydrogens is 292 g/mol. The Morgan fingerprint density at radius 1 is 1.35 bits per heavy atom. The van der Waals surface area contributed by atoms with Crippen molar-refractivity contribution in [3.05, 3.63) is 46.5 Å². The molecule has 3 nitrogen and oxygen atoms in total. The van der Waals surface area contributed by atoms with Gasteiger partial charge >= 0.3 is 0 Å². The molecule has 0 atom stereocenters. The van der Waals surface area contributed by atoms with Crippen LogP contribution in [0.4, 0.5) is 14.5 Å². The first-order chi connectivity index (χ1) is 8.08. The van der Waals surface area contributed by atoms with Crippen molar-refractivity contribution < 1.29 is 8.78 Å². The Kier molecular flexibility index (Phi) is 3.42. The summed E-state index contributed by atoms with van der Waals surface area (Å²) in [6, 6.07) is 2.21. The van der Waals surface area contributed by atoms with Crippen LogP contribution < -0.4 is 5.32 Å². The smallest absolute Gasteiger partial charge is 0.149 e. The molecule has 1 aromatic carbocycles. The van der Waals surface area contributed by atoms with Gasteiger partial charge in [-0.1, -0.05) is 0 Å². The lowest BCUT2D eigenvalue weighted by molar-refractivity contribution is 0.580. The number of halogens is 3. The first kappa shape index (κ1) is 12.0. The number of imidazole rings is 1. The van der Waals surface area contributed by atoms with Crippen molar-refractivity contribution in [2.45, 2.75) is 6.54 Å². The van der Waals surface area contributed by atoms with E-state index in [0.717, 1.165) is 11.9 Å². The largest absolute Gasteiger partial charge is 0.375 e. The van der Waals surface area contributed by atoms with Crippen molar-refractivity contribution in [2.24, 2.45) is 7.05 Å². The number of hydrogen-bond acceptors (Lipinski definition) is 2. The van der Waals surface area contributed by atoms with E-state index in [-0.39, 0.29) is 10.2 Å². The minimum atomic E-state index is -0.625. The summed E-state index contributed by atoms with van der Waals surface area (Å²) in [5, 5.41) is 2.87. The standard InChI is InChI=1S/C11H10BrF2N3/c1-17-3-2-15-11(17)6-16-10-4-7(12)8(13)5-9(10)14/h2-5,16H,6H2,1H3. The fourth-order valence-electron chi connectivity index (χ4n) is 1.40. The zero-order chi connectivity index (χ0) is 12.4. The van der Waals surface area contributed by atoms with Crippen LogP contribution in [-0.2, 0) is 13.6 Å². The van der Waals surface area contributed by atoms with Crippen LogP contribution in [0.15, 0.2) is 29.0 Å². The number of aryl methyl sites for hydroxylation is 1. The van der Waals surface area contributed by atoms with E-state index in [1.165, 1.54) is 6.07 Å². The summed E-state index contributed by atoms with van der Waals surface area (Å²) in [5.74, 6) is -0.477. The second kappa shape index (κ2) is 4.83. The maximum Gasteiger partial charge on any atom is 0.149 e. The number of anilines is 1. The van der Waals surface area contributed by atoms with E-state index in [1.54, 1.807) is 12.4 Å². The number of nitrogens with one attached hydrogen (secondary N) is 1. The molecule has 17 heavy (non-hydrogen) atoms. The number of benzene rings is 1. The van der Waals surface area contributed by atoms with Gasteiger partial charge in [0.25, 0.3) is 0 Å². The van der Waals surface area contributed by atoms with Gasteiger partial charge in [-0.15, -0.1) is 0 Å². The molecular formula is C11H10BrF2N3. The SMILES string of the molecule is Cn1ccnc1CNc1cc(Br)c(F)cc1F. The highest BCUT2D eigenvalue weighted by Crippen LogP contribution is 2.23. The normalized spacial score (nSPS) is 10.6. The van der Waals surface area contributed by atoms with Gasteiger partial charge in [-0.3, -0.25) is 0 Å². The van der Waals surface area contributed by atoms with E-state index in [1.807, 2.05) is 11.6 Å². The van der Waals surface area contributed by atoms with Crippen molar-refractivity contribution in [1.29, 1.82) is 0 Å². The van der Waals surface area contributed by atoms with Gasteiger partial charge in [0.1, 0.15) is 17.5 Å². The van der Waals surface area contributed by atoms with E-state index < -0.39 is 11.6 Å². The zero-order valence-corrected chi connectivity index (χ0v) is 10.6. The molecule has 1 aromatic heterocycles. The molecule has 0 radical (unpaired) electrons. The Morgan fingerprint density at radius 3 is 2.76 bits per heavy atom. The first-order valence-electron chi connectivity index (χ1n) is 4.92. The predicted octanol–water partition coefficient (Wildman–Crippen LogP) is 3.07. The summed E-state index contributed by atoms with van der Waals surface area (Å²) in [7, 11) is 1.85. The molecule has 1 N–H and O–H groups in total. The van der Waals surface area contributed by atoms with E-state index in [2.05, 4.69) is 26.2 Å². The summed E-state index contributed by atoms with van der Waals surface area (Å²) < 4.78 is 28.5. The Labute approximate surface area is 106 Å². The van der Waals surface area contributed by atoms with Crippen LogP contribution >= 0.6 is 15.9 Å². The van der Waals surface area contributed by atoms with E-state index >= 15 is 0 Å². The van der Waals surface area contributed by atoms with Gasteiger partial charge in [-0.05, 0) is 22.0 Å². The lowest BCUT2D eigenvalue weighted by Crippen LogP contribution is -2.07. The van der Waals surface area contributed by atoms with Gasteiger partial charge < -0.3 is 9.88 Å². The summed E-state index contributed by atoms with van der Waals surface area (Å²) in [4.78, 5) is 4.09. The Bertz CT molecular complexity index is 540. The number of aromatic nitrogens is 2. The molecule has 0 aliphatic heterocycles. The van der Waals surface area contributed by atoms with Crippen molar-refractivity contribution in [3.8, 4) is 0 Å². The Hall–Kier alpha value is -1.43. The molecule has 0 bridgehead atoms. The molecule has 0 spiro atoms. The average molecular weight is 302 g/mol. The topological polar surface area (TPSA) is 29.9 Å². The van der Waals surface area contributed by atoms with E-state index in [9.17, 15) is 8.78 Å². The van der Waals surface area contributed by atoms with Crippen molar-refractivity contribution in [1.82, 2.24) is 9.55 Å². The maximum atomic E-state index is 13.4. The highest BCUT2D eigenvalue weighted by molar-refractivity contribution is 9.10. The molecule has 0 fully saturated rings. The first-order valence-corrected chi connectivity index (χ1v) is 5.72. The molecule has 6 heteroatoms. The van der Waals surface area contributed by atoms with Gasteiger partial charge in [0.15, 0.2) is 0 Å². The molecule has 2 rings (SSSR count). The molecule has 0 unspecified atom stereocenters. The van der Waals surface area contributed by atoms with E-state index in [0.29, 0.717) is 6.54 Å². The van der Waals surface area contributed by atoms with Crippen LogP contribution in [0, 0.1) is 11.6 Å². The second-order valence-corrected chi connectivity index (χ2v) is 4.41. The molecule has 0 aliphatic carbocycles. The van der Waals surface area contributed by atoms with Crippen LogP contribution in [0.5, 0.6) is 0 Å². The second-order valence-electron chi connectivity index (χ2n) is 3.55. The van der Waals surface area contributed by atoms with E-state index in [4.69, 9.17) is 0 Å². The highest BCUT2D eigenvalue weighted by atomic mass is 79.9. The van der Waals surface area contributed by atoms with Gasteiger partial charge in [0.2, 0.25) is 0 Å².